The lowest BCUT2D eigenvalue weighted by Gasteiger charge is -2.37. The Kier molecular flexibility index (Phi) is 5.85. The number of hydrogen-bond donors (Lipinski definition) is 2. The molecular formula is C20H28N6O2. The lowest BCUT2D eigenvalue weighted by Crippen LogP contribution is -2.45. The summed E-state index contributed by atoms with van der Waals surface area (Å²) >= 11 is 0. The Morgan fingerprint density at radius 3 is 2.79 bits per heavy atom. The Bertz CT molecular complexity index is 827. The molecule has 1 aliphatic carbocycles. The number of hydrogen-bond acceptors (Lipinski definition) is 7. The van der Waals surface area contributed by atoms with Crippen molar-refractivity contribution in [1.82, 2.24) is 19.7 Å². The van der Waals surface area contributed by atoms with Gasteiger partial charge in [0.2, 0.25) is 0 Å². The van der Waals surface area contributed by atoms with E-state index < -0.39 is 6.10 Å². The van der Waals surface area contributed by atoms with Crippen LogP contribution >= 0.6 is 0 Å². The molecule has 0 bridgehead atoms. The molecule has 150 valence electrons. The Morgan fingerprint density at radius 2 is 1.96 bits per heavy atom. The fraction of sp³-hybridized carbons (Fsp3) is 0.600. The van der Waals surface area contributed by atoms with Gasteiger partial charge in [-0.05, 0) is 38.2 Å². The van der Waals surface area contributed by atoms with E-state index in [4.69, 9.17) is 0 Å². The highest BCUT2D eigenvalue weighted by atomic mass is 16.3. The van der Waals surface area contributed by atoms with Crippen LogP contribution in [-0.2, 0) is 0 Å². The molecule has 1 saturated carbocycles. The van der Waals surface area contributed by atoms with Crippen LogP contribution in [0.1, 0.15) is 51.0 Å². The molecule has 1 aliphatic heterocycles. The third-order valence-electron chi connectivity index (χ3n) is 5.82. The number of aliphatic hydroxyl groups excluding tert-OH is 1. The molecule has 2 aromatic rings. The Balaban J connectivity index is 1.54. The van der Waals surface area contributed by atoms with Crippen LogP contribution in [0, 0.1) is 0 Å². The highest BCUT2D eigenvalue weighted by molar-refractivity contribution is 5.40. The highest BCUT2D eigenvalue weighted by Gasteiger charge is 2.28. The largest absolute Gasteiger partial charge is 0.391 e. The first-order valence-electron chi connectivity index (χ1n) is 10.3. The van der Waals surface area contributed by atoms with Gasteiger partial charge in [0.25, 0.3) is 5.56 Å². The van der Waals surface area contributed by atoms with Gasteiger partial charge in [0, 0.05) is 37.6 Å². The molecule has 0 aromatic carbocycles. The zero-order valence-corrected chi connectivity index (χ0v) is 16.1. The predicted octanol–water partition coefficient (Wildman–Crippen LogP) is 1.98. The maximum absolute atomic E-state index is 12.4. The molecule has 0 spiro atoms. The van der Waals surface area contributed by atoms with Gasteiger partial charge < -0.3 is 15.3 Å². The van der Waals surface area contributed by atoms with Crippen LogP contribution in [0.2, 0.25) is 0 Å². The number of nitrogens with zero attached hydrogens (tertiary/aromatic N) is 5. The molecule has 8 heteroatoms. The first-order chi connectivity index (χ1) is 13.7. The van der Waals surface area contributed by atoms with Gasteiger partial charge in [-0.25, -0.2) is 9.67 Å². The van der Waals surface area contributed by atoms with E-state index in [0.29, 0.717) is 0 Å². The molecule has 3 unspecified atom stereocenters. The number of aromatic nitrogens is 4. The van der Waals surface area contributed by atoms with Gasteiger partial charge in [0.1, 0.15) is 11.6 Å². The first-order valence-corrected chi connectivity index (χ1v) is 10.3. The lowest BCUT2D eigenvalue weighted by molar-refractivity contribution is 0.0669. The molecule has 2 aliphatic rings. The van der Waals surface area contributed by atoms with E-state index in [9.17, 15) is 9.90 Å². The Hall–Kier alpha value is -2.48. The van der Waals surface area contributed by atoms with Crippen molar-refractivity contribution in [3.63, 3.8) is 0 Å². The summed E-state index contributed by atoms with van der Waals surface area (Å²) in [6, 6.07) is 3.45. The standard InChI is InChI=1S/C20H28N6O2/c27-17-7-2-1-6-16(17)26-20(28)9-8-19(24-26)25-12-4-3-5-15(25)13-23-18-14-21-10-11-22-18/h8-11,14-17,27H,1-7,12-13H2,(H,22,23). The van der Waals surface area contributed by atoms with Crippen molar-refractivity contribution < 1.29 is 5.11 Å². The second kappa shape index (κ2) is 8.68. The minimum Gasteiger partial charge on any atom is -0.391 e. The van der Waals surface area contributed by atoms with Crippen LogP contribution < -0.4 is 15.8 Å². The molecule has 0 radical (unpaired) electrons. The molecular weight excluding hydrogens is 356 g/mol. The van der Waals surface area contributed by atoms with Crippen molar-refractivity contribution in [1.29, 1.82) is 0 Å². The number of rotatable bonds is 5. The topological polar surface area (TPSA) is 96.2 Å². The third kappa shape index (κ3) is 4.16. The van der Waals surface area contributed by atoms with E-state index in [1.807, 2.05) is 6.07 Å². The lowest BCUT2D eigenvalue weighted by atomic mass is 9.93. The van der Waals surface area contributed by atoms with Gasteiger partial charge in [-0.2, -0.15) is 5.10 Å². The fourth-order valence-electron chi connectivity index (χ4n) is 4.31. The second-order valence-electron chi connectivity index (χ2n) is 7.71. The highest BCUT2D eigenvalue weighted by Crippen LogP contribution is 2.28. The second-order valence-corrected chi connectivity index (χ2v) is 7.71. The van der Waals surface area contributed by atoms with Crippen LogP contribution in [0.5, 0.6) is 0 Å². The summed E-state index contributed by atoms with van der Waals surface area (Å²) in [5, 5.41) is 18.4. The minimum absolute atomic E-state index is 0.138. The monoisotopic (exact) mass is 384 g/mol. The average Bonchev–Trinajstić information content (AvgIpc) is 2.74. The van der Waals surface area contributed by atoms with Crippen molar-refractivity contribution >= 4 is 11.6 Å². The van der Waals surface area contributed by atoms with Gasteiger partial charge in [-0.15, -0.1) is 0 Å². The molecule has 28 heavy (non-hydrogen) atoms. The fourth-order valence-corrected chi connectivity index (χ4v) is 4.31. The molecule has 2 N–H and O–H groups in total. The zero-order chi connectivity index (χ0) is 19.3. The van der Waals surface area contributed by atoms with Crippen LogP contribution in [0.3, 0.4) is 0 Å². The SMILES string of the molecule is O=c1ccc(N2CCCCC2CNc2cnccn2)nn1C1CCCCC1O. The van der Waals surface area contributed by atoms with Crippen LogP contribution in [0.4, 0.5) is 11.6 Å². The minimum atomic E-state index is -0.496. The van der Waals surface area contributed by atoms with Crippen molar-refractivity contribution in [3.8, 4) is 0 Å². The van der Waals surface area contributed by atoms with Gasteiger partial charge >= 0.3 is 0 Å². The summed E-state index contributed by atoms with van der Waals surface area (Å²) in [7, 11) is 0. The number of aliphatic hydroxyl groups is 1. The molecule has 3 heterocycles. The van der Waals surface area contributed by atoms with E-state index in [0.717, 1.165) is 63.3 Å². The third-order valence-corrected chi connectivity index (χ3v) is 5.82. The van der Waals surface area contributed by atoms with Gasteiger partial charge in [0.15, 0.2) is 0 Å². The van der Waals surface area contributed by atoms with Crippen LogP contribution in [0.15, 0.2) is 35.5 Å². The summed E-state index contributed by atoms with van der Waals surface area (Å²) < 4.78 is 1.51. The van der Waals surface area contributed by atoms with Crippen molar-refractivity contribution in [2.24, 2.45) is 0 Å². The maximum atomic E-state index is 12.4. The van der Waals surface area contributed by atoms with E-state index in [1.54, 1.807) is 24.7 Å². The first kappa shape index (κ1) is 18.9. The van der Waals surface area contributed by atoms with Crippen LogP contribution in [0.25, 0.3) is 0 Å². The Labute approximate surface area is 164 Å². The Morgan fingerprint density at radius 1 is 1.11 bits per heavy atom. The molecule has 3 atom stereocenters. The van der Waals surface area contributed by atoms with E-state index in [-0.39, 0.29) is 17.6 Å². The summed E-state index contributed by atoms with van der Waals surface area (Å²) in [4.78, 5) is 23.1. The van der Waals surface area contributed by atoms with Gasteiger partial charge in [-0.1, -0.05) is 12.8 Å². The molecule has 1 saturated heterocycles. The van der Waals surface area contributed by atoms with E-state index >= 15 is 0 Å². The average molecular weight is 384 g/mol. The van der Waals surface area contributed by atoms with Crippen molar-refractivity contribution in [3.05, 3.63) is 41.1 Å². The molecule has 2 fully saturated rings. The van der Waals surface area contributed by atoms with Crippen molar-refractivity contribution in [2.75, 3.05) is 23.3 Å². The van der Waals surface area contributed by atoms with Gasteiger partial charge in [-0.3, -0.25) is 9.78 Å². The summed E-state index contributed by atoms with van der Waals surface area (Å²) in [5.41, 5.74) is -0.138. The zero-order valence-electron chi connectivity index (χ0n) is 16.1. The maximum Gasteiger partial charge on any atom is 0.267 e. The van der Waals surface area contributed by atoms with Crippen molar-refractivity contribution in [2.45, 2.75) is 63.1 Å². The summed E-state index contributed by atoms with van der Waals surface area (Å²) in [6.07, 6.45) is 11.5. The molecule has 2 aromatic heterocycles. The van der Waals surface area contributed by atoms with E-state index in [1.165, 1.54) is 11.1 Å². The summed E-state index contributed by atoms with van der Waals surface area (Å²) in [6.45, 7) is 1.65. The predicted molar refractivity (Wildman–Crippen MR) is 108 cm³/mol. The molecule has 4 rings (SSSR count). The number of anilines is 2. The molecule has 8 nitrogen and oxygen atoms in total. The molecule has 0 amide bonds. The van der Waals surface area contributed by atoms with E-state index in [2.05, 4.69) is 25.3 Å². The van der Waals surface area contributed by atoms with Crippen LogP contribution in [-0.4, -0.2) is 50.1 Å². The number of piperidine rings is 1. The number of nitrogens with one attached hydrogen (secondary N) is 1. The van der Waals surface area contributed by atoms with Gasteiger partial charge in [0.05, 0.1) is 18.3 Å². The normalized spacial score (nSPS) is 25.5. The summed E-state index contributed by atoms with van der Waals surface area (Å²) in [5.74, 6) is 1.57. The quantitative estimate of drug-likeness (QED) is 0.814. The smallest absolute Gasteiger partial charge is 0.267 e.